The van der Waals surface area contributed by atoms with Crippen molar-refractivity contribution in [2.24, 2.45) is 0 Å². The van der Waals surface area contributed by atoms with Gasteiger partial charge in [-0.3, -0.25) is 0 Å². The molecule has 0 saturated carbocycles. The highest BCUT2D eigenvalue weighted by atomic mass is 14.2. The van der Waals surface area contributed by atoms with Gasteiger partial charge < -0.3 is 0 Å². The molecular formula is C68H42. The Balaban J connectivity index is 0.987. The van der Waals surface area contributed by atoms with Crippen LogP contribution in [-0.2, 0) is 0 Å². The Labute approximate surface area is 394 Å². The summed E-state index contributed by atoms with van der Waals surface area (Å²) in [7, 11) is 0. The molecule has 0 aliphatic carbocycles. The molecule has 0 nitrogen and oxygen atoms in total. The molecule has 0 amide bonds. The summed E-state index contributed by atoms with van der Waals surface area (Å²) in [6.07, 6.45) is 0. The fraction of sp³-hybridized carbons (Fsp3) is 0. The lowest BCUT2D eigenvalue weighted by Gasteiger charge is -2.20. The minimum atomic E-state index is 1.20. The van der Waals surface area contributed by atoms with Gasteiger partial charge in [0, 0.05) is 0 Å². The lowest BCUT2D eigenvalue weighted by Crippen LogP contribution is -1.93. The molecule has 0 aliphatic rings. The maximum atomic E-state index is 2.45. The van der Waals surface area contributed by atoms with Crippen LogP contribution in [0.5, 0.6) is 0 Å². The molecule has 14 aromatic rings. The van der Waals surface area contributed by atoms with E-state index in [1.165, 1.54) is 142 Å². The van der Waals surface area contributed by atoms with Crippen molar-refractivity contribution >= 4 is 86.2 Å². The number of rotatable bonds is 5. The largest absolute Gasteiger partial charge is 0.0616 e. The predicted octanol–water partition coefficient (Wildman–Crippen LogP) is 19.2. The first kappa shape index (κ1) is 38.4. The van der Waals surface area contributed by atoms with Gasteiger partial charge in [-0.25, -0.2) is 0 Å². The van der Waals surface area contributed by atoms with Crippen LogP contribution in [0.1, 0.15) is 0 Å². The van der Waals surface area contributed by atoms with Gasteiger partial charge in [0.2, 0.25) is 0 Å². The third-order valence-electron chi connectivity index (χ3n) is 14.6. The maximum absolute atomic E-state index is 2.45. The van der Waals surface area contributed by atoms with Crippen LogP contribution in [0.25, 0.3) is 142 Å². The SMILES string of the molecule is c1cc(-c2ccc3c(ccc4ccccc43)c2)cc(-c2cccc3c(-c4cc5ccccc5c5ccccc45)c4c(-c5cccc(-c6ccc7c(ccc8ccccc87)c6)c5)cccc4cc23)c1. The minimum absolute atomic E-state index is 1.20. The second-order valence-electron chi connectivity index (χ2n) is 18.4. The molecule has 0 aliphatic heterocycles. The van der Waals surface area contributed by atoms with E-state index in [0.29, 0.717) is 0 Å². The second-order valence-corrected chi connectivity index (χ2v) is 18.4. The van der Waals surface area contributed by atoms with Crippen molar-refractivity contribution in [3.05, 3.63) is 255 Å². The first-order valence-electron chi connectivity index (χ1n) is 23.6. The van der Waals surface area contributed by atoms with Crippen LogP contribution < -0.4 is 0 Å². The molecule has 0 heteroatoms. The molecule has 14 aromatic carbocycles. The van der Waals surface area contributed by atoms with Crippen molar-refractivity contribution in [1.29, 1.82) is 0 Å². The molecule has 0 radical (unpaired) electrons. The topological polar surface area (TPSA) is 0 Å². The van der Waals surface area contributed by atoms with Gasteiger partial charge in [-0.05, 0) is 178 Å². The van der Waals surface area contributed by atoms with E-state index in [1.54, 1.807) is 0 Å². The van der Waals surface area contributed by atoms with E-state index in [9.17, 15) is 0 Å². The Morgan fingerprint density at radius 1 is 0.162 bits per heavy atom. The van der Waals surface area contributed by atoms with Crippen LogP contribution in [0.3, 0.4) is 0 Å². The van der Waals surface area contributed by atoms with Crippen LogP contribution in [-0.4, -0.2) is 0 Å². The zero-order valence-corrected chi connectivity index (χ0v) is 37.2. The Hall–Kier alpha value is -8.84. The van der Waals surface area contributed by atoms with Crippen molar-refractivity contribution in [3.63, 3.8) is 0 Å². The van der Waals surface area contributed by atoms with Crippen LogP contribution in [0.4, 0.5) is 0 Å². The Morgan fingerprint density at radius 2 is 0.574 bits per heavy atom. The van der Waals surface area contributed by atoms with E-state index < -0.39 is 0 Å². The third-order valence-corrected chi connectivity index (χ3v) is 14.6. The lowest BCUT2D eigenvalue weighted by atomic mass is 9.83. The van der Waals surface area contributed by atoms with Gasteiger partial charge in [-0.1, -0.05) is 218 Å². The molecule has 14 rings (SSSR count). The Morgan fingerprint density at radius 3 is 1.22 bits per heavy atom. The van der Waals surface area contributed by atoms with Crippen molar-refractivity contribution in [2.45, 2.75) is 0 Å². The van der Waals surface area contributed by atoms with Crippen LogP contribution in [0.15, 0.2) is 255 Å². The molecule has 0 unspecified atom stereocenters. The van der Waals surface area contributed by atoms with Gasteiger partial charge in [-0.2, -0.15) is 0 Å². The first-order chi connectivity index (χ1) is 33.7. The van der Waals surface area contributed by atoms with E-state index in [2.05, 4.69) is 255 Å². The van der Waals surface area contributed by atoms with Crippen molar-refractivity contribution in [2.75, 3.05) is 0 Å². The van der Waals surface area contributed by atoms with E-state index in [0.717, 1.165) is 0 Å². The summed E-state index contributed by atoms with van der Waals surface area (Å²) in [6, 6.07) is 95.0. The fourth-order valence-electron chi connectivity index (χ4n) is 11.3. The highest BCUT2D eigenvalue weighted by Gasteiger charge is 2.20. The van der Waals surface area contributed by atoms with E-state index in [1.807, 2.05) is 0 Å². The molecule has 0 fully saturated rings. The van der Waals surface area contributed by atoms with Crippen molar-refractivity contribution in [3.8, 4) is 55.6 Å². The molecule has 0 saturated heterocycles. The summed E-state index contributed by atoms with van der Waals surface area (Å²) in [5, 5.41) is 20.2. The van der Waals surface area contributed by atoms with Crippen molar-refractivity contribution < 1.29 is 0 Å². The van der Waals surface area contributed by atoms with Crippen LogP contribution in [0.2, 0.25) is 0 Å². The summed E-state index contributed by atoms with van der Waals surface area (Å²) in [5.74, 6) is 0. The van der Waals surface area contributed by atoms with Crippen LogP contribution in [0, 0.1) is 0 Å². The van der Waals surface area contributed by atoms with Crippen LogP contribution >= 0.6 is 0 Å². The molecule has 314 valence electrons. The fourth-order valence-corrected chi connectivity index (χ4v) is 11.3. The monoisotopic (exact) mass is 858 g/mol. The Kier molecular flexibility index (Phi) is 8.69. The maximum Gasteiger partial charge on any atom is -0.00139 e. The zero-order chi connectivity index (χ0) is 44.7. The van der Waals surface area contributed by atoms with Gasteiger partial charge in [-0.15, -0.1) is 0 Å². The summed E-state index contributed by atoms with van der Waals surface area (Å²) in [4.78, 5) is 0. The Bertz CT molecular complexity index is 4380. The third kappa shape index (κ3) is 6.15. The second kappa shape index (κ2) is 15.4. The van der Waals surface area contributed by atoms with Gasteiger partial charge in [0.1, 0.15) is 0 Å². The molecule has 0 bridgehead atoms. The summed E-state index contributed by atoms with van der Waals surface area (Å²) in [5.41, 5.74) is 12.2. The van der Waals surface area contributed by atoms with E-state index >= 15 is 0 Å². The van der Waals surface area contributed by atoms with Gasteiger partial charge in [0.05, 0.1) is 0 Å². The number of hydrogen-bond acceptors (Lipinski definition) is 0. The quantitative estimate of drug-likeness (QED) is 0.119. The molecule has 0 heterocycles. The van der Waals surface area contributed by atoms with Crippen molar-refractivity contribution in [1.82, 2.24) is 0 Å². The van der Waals surface area contributed by atoms with E-state index in [4.69, 9.17) is 0 Å². The molecule has 0 N–H and O–H groups in total. The smallest absolute Gasteiger partial charge is 0.00139 e. The molecule has 0 atom stereocenters. The van der Waals surface area contributed by atoms with E-state index in [-0.39, 0.29) is 0 Å². The summed E-state index contributed by atoms with van der Waals surface area (Å²) < 4.78 is 0. The summed E-state index contributed by atoms with van der Waals surface area (Å²) >= 11 is 0. The molecular weight excluding hydrogens is 817 g/mol. The average Bonchev–Trinajstić information content (AvgIpc) is 3.41. The number of hydrogen-bond donors (Lipinski definition) is 0. The lowest BCUT2D eigenvalue weighted by molar-refractivity contribution is 1.61. The minimum Gasteiger partial charge on any atom is -0.0616 e. The predicted molar refractivity (Wildman–Crippen MR) is 294 cm³/mol. The number of benzene rings is 14. The molecule has 68 heavy (non-hydrogen) atoms. The molecule has 0 aromatic heterocycles. The molecule has 0 spiro atoms. The van der Waals surface area contributed by atoms with Gasteiger partial charge in [0.25, 0.3) is 0 Å². The number of fused-ring (bicyclic) bond motifs is 11. The standard InChI is InChI=1S/C68H42/c1-4-21-55-43(13-1)29-31-52-39-47(33-35-59(52)55)45-16-9-18-49(37-45)58-26-12-28-64-65(58)42-54-20-11-27-61(67(54)68(64)66-41-51-15-3-6-23-57(51)62-24-7-8-25-63(62)66)50-19-10-17-46(38-50)48-34-36-60-53(40-48)32-30-44-14-2-5-22-56(44)60/h1-42H. The zero-order valence-electron chi connectivity index (χ0n) is 37.2. The highest BCUT2D eigenvalue weighted by molar-refractivity contribution is 6.25. The van der Waals surface area contributed by atoms with Gasteiger partial charge >= 0.3 is 0 Å². The highest BCUT2D eigenvalue weighted by Crippen LogP contribution is 2.48. The normalized spacial score (nSPS) is 11.8. The average molecular weight is 859 g/mol. The first-order valence-corrected chi connectivity index (χ1v) is 23.6. The summed E-state index contributed by atoms with van der Waals surface area (Å²) in [6.45, 7) is 0. The van der Waals surface area contributed by atoms with Gasteiger partial charge in [0.15, 0.2) is 0 Å².